The third-order valence-electron chi connectivity index (χ3n) is 6.36. The van der Waals surface area contributed by atoms with E-state index in [1.165, 1.54) is 0 Å². The van der Waals surface area contributed by atoms with Gasteiger partial charge < -0.3 is 25.0 Å². The molecule has 3 aromatic carbocycles. The average molecular weight is 547 g/mol. The number of benzene rings is 3. The van der Waals surface area contributed by atoms with Crippen LogP contribution in [-0.2, 0) is 16.0 Å². The first-order valence-corrected chi connectivity index (χ1v) is 12.9. The molecule has 4 rings (SSSR count). The number of aromatic nitrogens is 1. The normalized spacial score (nSPS) is 11.8. The van der Waals surface area contributed by atoms with Gasteiger partial charge in [-0.2, -0.15) is 0 Å². The van der Waals surface area contributed by atoms with Crippen LogP contribution < -0.4 is 4.90 Å². The number of amides is 1. The number of aromatic amines is 1. The van der Waals surface area contributed by atoms with E-state index in [2.05, 4.69) is 4.98 Å². The second-order valence-corrected chi connectivity index (χ2v) is 10.0. The standard InChI is InChI=1S/C30H31ClN4O4/c1-19(36)35(16-15-34(2)3)24-11-9-23(10-12-24)32-29(21-6-4-5-20(17-21)7-14-27(37)38)28-25-13-8-22(31)18-26(25)33-30(28)39/h4-6,8-13,17-18,33,39H,7,14-16H2,1-3H3,(H,37,38). The number of hydrogen-bond acceptors (Lipinski definition) is 5. The van der Waals surface area contributed by atoms with Crippen LogP contribution in [0.4, 0.5) is 11.4 Å². The number of aromatic hydroxyl groups is 1. The molecule has 3 N–H and O–H groups in total. The Morgan fingerprint density at radius 1 is 1.00 bits per heavy atom. The van der Waals surface area contributed by atoms with Crippen molar-refractivity contribution in [1.82, 2.24) is 9.88 Å². The molecule has 0 atom stereocenters. The number of halogens is 1. The van der Waals surface area contributed by atoms with Crippen molar-refractivity contribution in [3.8, 4) is 5.88 Å². The molecule has 0 spiro atoms. The Bertz CT molecular complexity index is 1530. The summed E-state index contributed by atoms with van der Waals surface area (Å²) in [6, 6.07) is 20.2. The SMILES string of the molecule is CC(=O)N(CCN(C)C)c1ccc(N=C(c2cccc(CCC(=O)O)c2)c2c(O)[nH]c3cc(Cl)ccc23)cc1. The number of carbonyl (C=O) groups is 2. The van der Waals surface area contributed by atoms with Gasteiger partial charge in [-0.25, -0.2) is 4.99 Å². The van der Waals surface area contributed by atoms with Crippen molar-refractivity contribution in [3.05, 3.63) is 88.4 Å². The lowest BCUT2D eigenvalue weighted by Crippen LogP contribution is -2.35. The maximum absolute atomic E-state index is 12.3. The third kappa shape index (κ3) is 6.85. The topological polar surface area (TPSA) is 109 Å². The van der Waals surface area contributed by atoms with E-state index in [4.69, 9.17) is 21.7 Å². The van der Waals surface area contributed by atoms with E-state index in [0.717, 1.165) is 28.7 Å². The highest BCUT2D eigenvalue weighted by atomic mass is 35.5. The molecule has 1 heterocycles. The summed E-state index contributed by atoms with van der Waals surface area (Å²) < 4.78 is 0. The summed E-state index contributed by atoms with van der Waals surface area (Å²) in [4.78, 5) is 35.1. The molecule has 0 aliphatic heterocycles. The predicted octanol–water partition coefficient (Wildman–Crippen LogP) is 5.63. The minimum absolute atomic E-state index is 0.00863. The van der Waals surface area contributed by atoms with Crippen LogP contribution >= 0.6 is 11.6 Å². The number of H-pyrrole nitrogens is 1. The number of aliphatic imine (C=N–C) groups is 1. The summed E-state index contributed by atoms with van der Waals surface area (Å²) in [6.45, 7) is 2.83. The Hall–Kier alpha value is -4.14. The molecule has 0 bridgehead atoms. The Balaban J connectivity index is 1.80. The summed E-state index contributed by atoms with van der Waals surface area (Å²) in [6.07, 6.45) is 0.378. The second-order valence-electron chi connectivity index (χ2n) is 9.58. The van der Waals surface area contributed by atoms with E-state index in [0.29, 0.717) is 40.5 Å². The van der Waals surface area contributed by atoms with Gasteiger partial charge in [0, 0.05) is 48.1 Å². The molecule has 9 heteroatoms. The van der Waals surface area contributed by atoms with E-state index in [1.807, 2.05) is 73.6 Å². The van der Waals surface area contributed by atoms with Gasteiger partial charge in [0.05, 0.1) is 22.5 Å². The number of aliphatic carboxylic acids is 1. The summed E-state index contributed by atoms with van der Waals surface area (Å²) in [7, 11) is 3.92. The molecule has 39 heavy (non-hydrogen) atoms. The molecular formula is C30H31ClN4O4. The van der Waals surface area contributed by atoms with Crippen LogP contribution in [0.15, 0.2) is 71.7 Å². The monoisotopic (exact) mass is 546 g/mol. The van der Waals surface area contributed by atoms with Gasteiger partial charge in [0.25, 0.3) is 0 Å². The van der Waals surface area contributed by atoms with Gasteiger partial charge in [0.15, 0.2) is 5.88 Å². The summed E-state index contributed by atoms with van der Waals surface area (Å²) in [5, 5.41) is 21.4. The van der Waals surface area contributed by atoms with Crippen LogP contribution in [0.3, 0.4) is 0 Å². The number of carboxylic acid groups (broad SMARTS) is 1. The van der Waals surface area contributed by atoms with Gasteiger partial charge >= 0.3 is 5.97 Å². The molecule has 0 aliphatic carbocycles. The molecule has 0 fully saturated rings. The van der Waals surface area contributed by atoms with E-state index in [-0.39, 0.29) is 18.2 Å². The Labute approximate surface area is 232 Å². The minimum atomic E-state index is -0.870. The van der Waals surface area contributed by atoms with Crippen LogP contribution in [-0.4, -0.2) is 64.9 Å². The second kappa shape index (κ2) is 12.1. The van der Waals surface area contributed by atoms with Crippen molar-refractivity contribution in [2.45, 2.75) is 19.8 Å². The quantitative estimate of drug-likeness (QED) is 0.223. The van der Waals surface area contributed by atoms with Crippen LogP contribution in [0, 0.1) is 0 Å². The largest absolute Gasteiger partial charge is 0.494 e. The number of carboxylic acids is 1. The Kier molecular flexibility index (Phi) is 8.69. The van der Waals surface area contributed by atoms with E-state index < -0.39 is 5.97 Å². The first-order valence-electron chi connectivity index (χ1n) is 12.6. The minimum Gasteiger partial charge on any atom is -0.494 e. The van der Waals surface area contributed by atoms with Gasteiger partial charge in [-0.3, -0.25) is 9.59 Å². The number of anilines is 1. The number of carbonyl (C=O) groups excluding carboxylic acids is 1. The zero-order valence-corrected chi connectivity index (χ0v) is 22.9. The van der Waals surface area contributed by atoms with E-state index in [9.17, 15) is 14.7 Å². The Morgan fingerprint density at radius 3 is 2.41 bits per heavy atom. The molecule has 0 saturated heterocycles. The van der Waals surface area contributed by atoms with Crippen molar-refractivity contribution in [2.75, 3.05) is 32.1 Å². The predicted molar refractivity (Wildman–Crippen MR) is 156 cm³/mol. The fourth-order valence-electron chi connectivity index (χ4n) is 4.39. The molecule has 0 radical (unpaired) electrons. The lowest BCUT2D eigenvalue weighted by molar-refractivity contribution is -0.137. The van der Waals surface area contributed by atoms with Crippen molar-refractivity contribution in [2.24, 2.45) is 4.99 Å². The van der Waals surface area contributed by atoms with Crippen LogP contribution in [0.25, 0.3) is 10.9 Å². The van der Waals surface area contributed by atoms with Crippen molar-refractivity contribution < 1.29 is 19.8 Å². The number of aryl methyl sites for hydroxylation is 1. The lowest BCUT2D eigenvalue weighted by Gasteiger charge is -2.23. The van der Waals surface area contributed by atoms with Gasteiger partial charge in [0.1, 0.15) is 0 Å². The van der Waals surface area contributed by atoms with Gasteiger partial charge in [-0.1, -0.05) is 35.9 Å². The molecule has 0 unspecified atom stereocenters. The van der Waals surface area contributed by atoms with E-state index >= 15 is 0 Å². The number of hydrogen-bond donors (Lipinski definition) is 3. The number of fused-ring (bicyclic) bond motifs is 1. The van der Waals surface area contributed by atoms with Crippen LogP contribution in [0.1, 0.15) is 30.0 Å². The molecular weight excluding hydrogens is 516 g/mol. The van der Waals surface area contributed by atoms with E-state index in [1.54, 1.807) is 24.0 Å². The Morgan fingerprint density at radius 2 is 1.74 bits per heavy atom. The fraction of sp³-hybridized carbons (Fsp3) is 0.233. The highest BCUT2D eigenvalue weighted by Crippen LogP contribution is 2.33. The maximum Gasteiger partial charge on any atom is 0.303 e. The molecule has 1 amide bonds. The van der Waals surface area contributed by atoms with Gasteiger partial charge in [0.2, 0.25) is 5.91 Å². The van der Waals surface area contributed by atoms with Crippen molar-refractivity contribution in [3.63, 3.8) is 0 Å². The molecule has 8 nitrogen and oxygen atoms in total. The van der Waals surface area contributed by atoms with Crippen molar-refractivity contribution in [1.29, 1.82) is 0 Å². The average Bonchev–Trinajstić information content (AvgIpc) is 3.21. The number of nitrogens with zero attached hydrogens (tertiary/aromatic N) is 3. The highest BCUT2D eigenvalue weighted by Gasteiger charge is 2.20. The lowest BCUT2D eigenvalue weighted by atomic mass is 9.97. The summed E-state index contributed by atoms with van der Waals surface area (Å²) in [5.74, 6) is -0.968. The third-order valence-corrected chi connectivity index (χ3v) is 6.59. The van der Waals surface area contributed by atoms with Crippen LogP contribution in [0.2, 0.25) is 5.02 Å². The molecule has 0 aliphatic rings. The number of likely N-dealkylation sites (N-methyl/N-ethyl adjacent to an activating group) is 1. The molecule has 4 aromatic rings. The van der Waals surface area contributed by atoms with Crippen molar-refractivity contribution >= 4 is 51.5 Å². The summed E-state index contributed by atoms with van der Waals surface area (Å²) >= 11 is 6.18. The zero-order valence-electron chi connectivity index (χ0n) is 22.1. The fourth-order valence-corrected chi connectivity index (χ4v) is 4.56. The first-order chi connectivity index (χ1) is 18.6. The number of nitrogens with one attached hydrogen (secondary N) is 1. The van der Waals surface area contributed by atoms with Gasteiger partial charge in [-0.15, -0.1) is 0 Å². The molecule has 202 valence electrons. The van der Waals surface area contributed by atoms with Crippen LogP contribution in [0.5, 0.6) is 5.88 Å². The zero-order chi connectivity index (χ0) is 28.1. The molecule has 0 saturated carbocycles. The maximum atomic E-state index is 12.3. The number of rotatable bonds is 10. The van der Waals surface area contributed by atoms with Gasteiger partial charge in [-0.05, 0) is 68.5 Å². The first kappa shape index (κ1) is 27.9. The highest BCUT2D eigenvalue weighted by molar-refractivity contribution is 6.31. The molecule has 1 aromatic heterocycles. The summed E-state index contributed by atoms with van der Waals surface area (Å²) in [5.41, 5.74) is 4.66. The smallest absolute Gasteiger partial charge is 0.303 e.